The average molecular weight is 221 g/mol. The van der Waals surface area contributed by atoms with Gasteiger partial charge in [0.1, 0.15) is 12.1 Å². The Morgan fingerprint density at radius 2 is 2.06 bits per heavy atom. The first-order valence-corrected chi connectivity index (χ1v) is 5.45. The Morgan fingerprint density at radius 1 is 1.44 bits per heavy atom. The smallest absolute Gasteiger partial charge is 0.227 e. The molecule has 6 nitrogen and oxygen atoms in total. The number of nitrogens with one attached hydrogen (secondary N) is 1. The lowest BCUT2D eigenvalue weighted by atomic mass is 9.92. The molecule has 0 bridgehead atoms. The molecule has 1 N–H and O–H groups in total. The second-order valence-corrected chi connectivity index (χ2v) is 4.05. The average Bonchev–Trinajstić information content (AvgIpc) is 2.52. The summed E-state index contributed by atoms with van der Waals surface area (Å²) in [6.07, 6.45) is 5.49. The van der Waals surface area contributed by atoms with Crippen LogP contribution < -0.4 is 5.32 Å². The van der Waals surface area contributed by atoms with Gasteiger partial charge >= 0.3 is 0 Å². The van der Waals surface area contributed by atoms with Crippen LogP contribution in [0.1, 0.15) is 38.5 Å². The van der Waals surface area contributed by atoms with Crippen molar-refractivity contribution in [1.82, 2.24) is 5.32 Å². The summed E-state index contributed by atoms with van der Waals surface area (Å²) in [4.78, 5) is 13.9. The Kier molecular flexibility index (Phi) is 4.62. The first-order chi connectivity index (χ1) is 7.72. The molecule has 1 rings (SSSR count). The van der Waals surface area contributed by atoms with Crippen molar-refractivity contribution in [3.05, 3.63) is 10.4 Å². The topological polar surface area (TPSA) is 102 Å². The monoisotopic (exact) mass is 221 g/mol. The van der Waals surface area contributed by atoms with Gasteiger partial charge in [-0.1, -0.05) is 30.8 Å². The molecule has 0 spiro atoms. The van der Waals surface area contributed by atoms with E-state index >= 15 is 0 Å². The molecular formula is C10H15N5O. The first-order valence-electron chi connectivity index (χ1n) is 5.45. The van der Waals surface area contributed by atoms with Crippen LogP contribution in [0.3, 0.4) is 0 Å². The largest absolute Gasteiger partial charge is 0.338 e. The van der Waals surface area contributed by atoms with Gasteiger partial charge in [0.25, 0.3) is 0 Å². The van der Waals surface area contributed by atoms with Gasteiger partial charge < -0.3 is 5.32 Å². The van der Waals surface area contributed by atoms with E-state index in [1.165, 1.54) is 0 Å². The van der Waals surface area contributed by atoms with Crippen molar-refractivity contribution in [2.45, 2.75) is 44.1 Å². The molecule has 0 aromatic carbocycles. The SMILES string of the molecule is N#CC1(NC(=O)CN=[N+]=[N-])CCCCCC1. The lowest BCUT2D eigenvalue weighted by Gasteiger charge is -2.25. The maximum Gasteiger partial charge on any atom is 0.227 e. The predicted molar refractivity (Wildman–Crippen MR) is 58.2 cm³/mol. The molecule has 0 aliphatic heterocycles. The number of carbonyl (C=O) groups excluding carboxylic acids is 1. The van der Waals surface area contributed by atoms with Gasteiger partial charge in [-0.15, -0.1) is 0 Å². The van der Waals surface area contributed by atoms with E-state index in [1.54, 1.807) is 0 Å². The third-order valence-corrected chi connectivity index (χ3v) is 2.83. The number of nitriles is 1. The molecule has 0 atom stereocenters. The van der Waals surface area contributed by atoms with Gasteiger partial charge in [0, 0.05) is 4.91 Å². The molecule has 0 heterocycles. The third-order valence-electron chi connectivity index (χ3n) is 2.83. The van der Waals surface area contributed by atoms with Gasteiger partial charge in [0.05, 0.1) is 6.07 Å². The van der Waals surface area contributed by atoms with Crippen LogP contribution in [0.15, 0.2) is 5.11 Å². The normalized spacial score (nSPS) is 18.7. The Morgan fingerprint density at radius 3 is 2.56 bits per heavy atom. The second kappa shape index (κ2) is 5.99. The van der Waals surface area contributed by atoms with Crippen molar-refractivity contribution in [1.29, 1.82) is 5.26 Å². The van der Waals surface area contributed by atoms with E-state index in [4.69, 9.17) is 5.53 Å². The van der Waals surface area contributed by atoms with Crippen molar-refractivity contribution in [2.24, 2.45) is 5.11 Å². The first kappa shape index (κ1) is 12.3. The lowest BCUT2D eigenvalue weighted by Crippen LogP contribution is -2.47. The van der Waals surface area contributed by atoms with Gasteiger partial charge in [-0.05, 0) is 18.4 Å². The fourth-order valence-corrected chi connectivity index (χ4v) is 2.00. The molecule has 0 unspecified atom stereocenters. The van der Waals surface area contributed by atoms with E-state index in [-0.39, 0.29) is 12.5 Å². The van der Waals surface area contributed by atoms with Crippen LogP contribution in [0.5, 0.6) is 0 Å². The van der Waals surface area contributed by atoms with E-state index in [2.05, 4.69) is 21.4 Å². The van der Waals surface area contributed by atoms with Crippen LogP contribution in [0, 0.1) is 11.3 Å². The number of nitrogens with zero attached hydrogens (tertiary/aromatic N) is 4. The van der Waals surface area contributed by atoms with Gasteiger partial charge in [0.15, 0.2) is 0 Å². The van der Waals surface area contributed by atoms with Gasteiger partial charge in [-0.2, -0.15) is 5.26 Å². The van der Waals surface area contributed by atoms with E-state index in [9.17, 15) is 10.1 Å². The third kappa shape index (κ3) is 3.44. The maximum absolute atomic E-state index is 11.4. The summed E-state index contributed by atoms with van der Waals surface area (Å²) in [6, 6.07) is 2.20. The fraction of sp³-hybridized carbons (Fsp3) is 0.800. The second-order valence-electron chi connectivity index (χ2n) is 4.05. The summed E-state index contributed by atoms with van der Waals surface area (Å²) in [6.45, 7) is -0.236. The molecule has 0 radical (unpaired) electrons. The minimum Gasteiger partial charge on any atom is -0.338 e. The van der Waals surface area contributed by atoms with Crippen LogP contribution in [0.4, 0.5) is 0 Å². The minimum atomic E-state index is -0.751. The Hall–Kier alpha value is -1.73. The zero-order valence-corrected chi connectivity index (χ0v) is 9.15. The molecule has 1 aliphatic carbocycles. The highest BCUT2D eigenvalue weighted by Crippen LogP contribution is 2.26. The number of amides is 1. The van der Waals surface area contributed by atoms with Crippen molar-refractivity contribution < 1.29 is 4.79 Å². The molecule has 6 heteroatoms. The molecule has 0 aromatic rings. The predicted octanol–water partition coefficient (Wildman–Crippen LogP) is 2.03. The Labute approximate surface area is 94.3 Å². The number of rotatable bonds is 3. The van der Waals surface area contributed by atoms with Crippen molar-refractivity contribution in [3.63, 3.8) is 0 Å². The van der Waals surface area contributed by atoms with Gasteiger partial charge in [-0.3, -0.25) is 4.79 Å². The van der Waals surface area contributed by atoms with Crippen LogP contribution >= 0.6 is 0 Å². The highest BCUT2D eigenvalue weighted by atomic mass is 16.2. The summed E-state index contributed by atoms with van der Waals surface area (Å²) >= 11 is 0. The Balaban J connectivity index is 2.61. The van der Waals surface area contributed by atoms with Crippen molar-refractivity contribution >= 4 is 5.91 Å². The maximum atomic E-state index is 11.4. The zero-order chi connectivity index (χ0) is 11.9. The standard InChI is InChI=1S/C10H15N5O/c11-8-10(5-3-1-2-4-6-10)14-9(16)7-13-15-12/h1-7H2,(H,14,16). The zero-order valence-electron chi connectivity index (χ0n) is 9.15. The highest BCUT2D eigenvalue weighted by molar-refractivity contribution is 5.79. The molecule has 0 aromatic heterocycles. The van der Waals surface area contributed by atoms with E-state index in [0.717, 1.165) is 25.7 Å². The number of carbonyl (C=O) groups is 1. The van der Waals surface area contributed by atoms with Crippen molar-refractivity contribution in [3.8, 4) is 6.07 Å². The summed E-state index contributed by atoms with van der Waals surface area (Å²) in [5.74, 6) is -0.374. The molecule has 0 saturated heterocycles. The number of hydrogen-bond donors (Lipinski definition) is 1. The number of hydrogen-bond acceptors (Lipinski definition) is 3. The van der Waals surface area contributed by atoms with Gasteiger partial charge in [-0.25, -0.2) is 0 Å². The lowest BCUT2D eigenvalue weighted by molar-refractivity contribution is -0.121. The molecular weight excluding hydrogens is 206 g/mol. The fourth-order valence-electron chi connectivity index (χ4n) is 2.00. The van der Waals surface area contributed by atoms with Crippen molar-refractivity contribution in [2.75, 3.05) is 6.54 Å². The quantitative estimate of drug-likeness (QED) is 0.341. The molecule has 1 aliphatic rings. The van der Waals surface area contributed by atoms with E-state index < -0.39 is 5.54 Å². The van der Waals surface area contributed by atoms with Crippen LogP contribution in [-0.2, 0) is 4.79 Å². The highest BCUT2D eigenvalue weighted by Gasteiger charge is 2.32. The summed E-state index contributed by atoms with van der Waals surface area (Å²) < 4.78 is 0. The Bertz CT molecular complexity index is 332. The molecule has 16 heavy (non-hydrogen) atoms. The molecule has 1 saturated carbocycles. The van der Waals surface area contributed by atoms with E-state index in [1.807, 2.05) is 0 Å². The van der Waals surface area contributed by atoms with E-state index in [0.29, 0.717) is 12.8 Å². The minimum absolute atomic E-state index is 0.236. The summed E-state index contributed by atoms with van der Waals surface area (Å²) in [5.41, 5.74) is 7.35. The molecule has 86 valence electrons. The van der Waals surface area contributed by atoms with Crippen LogP contribution in [0.25, 0.3) is 10.4 Å². The summed E-state index contributed by atoms with van der Waals surface area (Å²) in [7, 11) is 0. The van der Waals surface area contributed by atoms with Crippen LogP contribution in [0.2, 0.25) is 0 Å². The number of azide groups is 1. The molecule has 1 fully saturated rings. The molecule has 1 amide bonds. The van der Waals surface area contributed by atoms with Crippen LogP contribution in [-0.4, -0.2) is 18.0 Å². The summed E-state index contributed by atoms with van der Waals surface area (Å²) in [5, 5.41) is 15.0. The van der Waals surface area contributed by atoms with Gasteiger partial charge in [0.2, 0.25) is 5.91 Å².